The minimum atomic E-state index is 0.554. The van der Waals surface area contributed by atoms with Gasteiger partial charge in [0.2, 0.25) is 0 Å². The lowest BCUT2D eigenvalue weighted by atomic mass is 10.0. The molecule has 0 rings (SSSR count). The van der Waals surface area contributed by atoms with Crippen molar-refractivity contribution in [2.75, 3.05) is 27.7 Å². The molecule has 0 saturated carbocycles. The molecule has 0 aliphatic heterocycles. The van der Waals surface area contributed by atoms with Gasteiger partial charge in [-0.05, 0) is 26.2 Å². The van der Waals surface area contributed by atoms with Crippen LogP contribution in [0.3, 0.4) is 0 Å². The number of nitrogens with one attached hydrogen (secondary N) is 2. The minimum Gasteiger partial charge on any atom is -0.388 e. The second-order valence-corrected chi connectivity index (χ2v) is 4.91. The van der Waals surface area contributed by atoms with Gasteiger partial charge in [0.25, 0.3) is 0 Å². The Hall–Kier alpha value is -1.38. The number of hydrogen-bond acceptors (Lipinski definition) is 3. The quantitative estimate of drug-likeness (QED) is 0.513. The Bertz CT molecular complexity index is 329. The van der Waals surface area contributed by atoms with E-state index in [1.54, 1.807) is 0 Å². The smallest absolute Gasteiger partial charge is 0.106 e. The van der Waals surface area contributed by atoms with Gasteiger partial charge in [0, 0.05) is 39.0 Å². The molecule has 104 valence electrons. The summed E-state index contributed by atoms with van der Waals surface area (Å²) in [5.74, 6) is 1.67. The lowest BCUT2D eigenvalue weighted by Crippen LogP contribution is -2.30. The van der Waals surface area contributed by atoms with Crippen molar-refractivity contribution in [1.82, 2.24) is 15.5 Å². The maximum Gasteiger partial charge on any atom is 0.106 e. The highest BCUT2D eigenvalue weighted by Gasteiger charge is 2.10. The number of rotatable bonds is 8. The van der Waals surface area contributed by atoms with Crippen molar-refractivity contribution in [2.24, 2.45) is 5.92 Å². The van der Waals surface area contributed by atoms with E-state index in [4.69, 9.17) is 0 Å². The van der Waals surface area contributed by atoms with E-state index < -0.39 is 0 Å². The molecule has 3 nitrogen and oxygen atoms in total. The Morgan fingerprint density at radius 3 is 2.11 bits per heavy atom. The summed E-state index contributed by atoms with van der Waals surface area (Å²) < 4.78 is 0. The van der Waals surface area contributed by atoms with Crippen molar-refractivity contribution >= 4 is 0 Å². The van der Waals surface area contributed by atoms with Crippen LogP contribution in [-0.4, -0.2) is 32.6 Å². The first-order chi connectivity index (χ1) is 8.34. The van der Waals surface area contributed by atoms with E-state index in [1.165, 1.54) is 5.57 Å². The molecular weight excluding hydrogens is 222 g/mol. The van der Waals surface area contributed by atoms with E-state index in [-0.39, 0.29) is 0 Å². The fourth-order valence-corrected chi connectivity index (χ4v) is 1.74. The molecule has 0 saturated heterocycles. The highest BCUT2D eigenvalue weighted by molar-refractivity contribution is 5.28. The number of hydrogen-bond donors (Lipinski definition) is 2. The van der Waals surface area contributed by atoms with Crippen molar-refractivity contribution in [3.63, 3.8) is 0 Å². The molecule has 0 aromatic carbocycles. The second kappa shape index (κ2) is 7.85. The average Bonchev–Trinajstić information content (AvgIpc) is 2.35. The molecule has 0 aromatic heterocycles. The summed E-state index contributed by atoms with van der Waals surface area (Å²) in [7, 11) is 5.94. The van der Waals surface area contributed by atoms with Gasteiger partial charge in [-0.15, -0.1) is 0 Å². The van der Waals surface area contributed by atoms with Gasteiger partial charge in [-0.1, -0.05) is 25.7 Å². The van der Waals surface area contributed by atoms with E-state index in [9.17, 15) is 0 Å². The summed E-state index contributed by atoms with van der Waals surface area (Å²) in [6.07, 6.45) is 1.11. The topological polar surface area (TPSA) is 27.3 Å². The van der Waals surface area contributed by atoms with Gasteiger partial charge in [-0.2, -0.15) is 0 Å². The van der Waals surface area contributed by atoms with Gasteiger partial charge in [-0.3, -0.25) is 0 Å². The standard InChI is InChI=1S/C15H29N3/c1-11(2)12(3)9-10-18(8)15(17-7)13(4)14(5)16-6/h12,16-17H,1,5,9-10H2,2-4,6-8H3/b15-13+. The number of likely N-dealkylation sites (N-methyl/N-ethyl adjacent to an activating group) is 1. The lowest BCUT2D eigenvalue weighted by Gasteiger charge is -2.26. The molecule has 0 radical (unpaired) electrons. The van der Waals surface area contributed by atoms with E-state index in [0.717, 1.165) is 30.1 Å². The van der Waals surface area contributed by atoms with Crippen molar-refractivity contribution < 1.29 is 0 Å². The van der Waals surface area contributed by atoms with Gasteiger partial charge in [-0.25, -0.2) is 0 Å². The van der Waals surface area contributed by atoms with Gasteiger partial charge in [0.15, 0.2) is 0 Å². The van der Waals surface area contributed by atoms with Crippen LogP contribution in [0, 0.1) is 5.92 Å². The SMILES string of the molecule is C=C(NC)/C(C)=C(\NC)N(C)CCC(C)C(=C)C. The fraction of sp³-hybridized carbons (Fsp3) is 0.600. The first-order valence-corrected chi connectivity index (χ1v) is 6.47. The second-order valence-electron chi connectivity index (χ2n) is 4.91. The Morgan fingerprint density at radius 2 is 1.72 bits per heavy atom. The third kappa shape index (κ3) is 4.86. The third-order valence-electron chi connectivity index (χ3n) is 3.47. The molecule has 1 atom stereocenters. The Kier molecular flexibility index (Phi) is 7.25. The molecule has 0 heterocycles. The maximum absolute atomic E-state index is 4.00. The summed E-state index contributed by atoms with van der Waals surface area (Å²) >= 11 is 0. The zero-order valence-corrected chi connectivity index (χ0v) is 12.9. The maximum atomic E-state index is 4.00. The first kappa shape index (κ1) is 16.6. The predicted molar refractivity (Wildman–Crippen MR) is 81.2 cm³/mol. The largest absolute Gasteiger partial charge is 0.388 e. The van der Waals surface area contributed by atoms with E-state index >= 15 is 0 Å². The van der Waals surface area contributed by atoms with Gasteiger partial charge in [0.1, 0.15) is 5.82 Å². The van der Waals surface area contributed by atoms with Gasteiger partial charge < -0.3 is 15.5 Å². The van der Waals surface area contributed by atoms with Crippen LogP contribution in [-0.2, 0) is 0 Å². The number of allylic oxidation sites excluding steroid dienone is 2. The van der Waals surface area contributed by atoms with Crippen molar-refractivity contribution in [2.45, 2.75) is 27.2 Å². The minimum absolute atomic E-state index is 0.554. The Balaban J connectivity index is 4.67. The summed E-state index contributed by atoms with van der Waals surface area (Å²) in [5, 5.41) is 6.34. The molecule has 0 aromatic rings. The van der Waals surface area contributed by atoms with Crippen LogP contribution < -0.4 is 10.6 Å². The van der Waals surface area contributed by atoms with Crippen molar-refractivity contribution in [3.05, 3.63) is 35.8 Å². The summed E-state index contributed by atoms with van der Waals surface area (Å²) in [6, 6.07) is 0. The highest BCUT2D eigenvalue weighted by Crippen LogP contribution is 2.15. The van der Waals surface area contributed by atoms with Crippen LogP contribution in [0.15, 0.2) is 35.8 Å². The monoisotopic (exact) mass is 251 g/mol. The van der Waals surface area contributed by atoms with Crippen LogP contribution in [0.2, 0.25) is 0 Å². The van der Waals surface area contributed by atoms with Crippen LogP contribution in [0.4, 0.5) is 0 Å². The lowest BCUT2D eigenvalue weighted by molar-refractivity contribution is 0.360. The van der Waals surface area contributed by atoms with E-state index in [2.05, 4.69) is 56.5 Å². The summed E-state index contributed by atoms with van der Waals surface area (Å²) in [4.78, 5) is 2.23. The third-order valence-corrected chi connectivity index (χ3v) is 3.47. The first-order valence-electron chi connectivity index (χ1n) is 6.47. The summed E-state index contributed by atoms with van der Waals surface area (Å²) in [6.45, 7) is 15.4. The molecule has 2 N–H and O–H groups in total. The number of nitrogens with zero attached hydrogens (tertiary/aromatic N) is 1. The highest BCUT2D eigenvalue weighted by atomic mass is 15.2. The Labute approximate surface area is 113 Å². The van der Waals surface area contributed by atoms with Crippen molar-refractivity contribution in [3.8, 4) is 0 Å². The molecule has 3 heteroatoms. The molecular formula is C15H29N3. The van der Waals surface area contributed by atoms with E-state index in [1.807, 2.05) is 14.1 Å². The zero-order chi connectivity index (χ0) is 14.3. The average molecular weight is 251 g/mol. The molecule has 18 heavy (non-hydrogen) atoms. The fourth-order valence-electron chi connectivity index (χ4n) is 1.74. The normalized spacial score (nSPS) is 13.4. The van der Waals surface area contributed by atoms with Crippen LogP contribution >= 0.6 is 0 Å². The molecule has 1 unspecified atom stereocenters. The summed E-state index contributed by atoms with van der Waals surface area (Å²) in [5.41, 5.74) is 3.33. The van der Waals surface area contributed by atoms with Gasteiger partial charge >= 0.3 is 0 Å². The Morgan fingerprint density at radius 1 is 1.17 bits per heavy atom. The molecule has 0 aliphatic carbocycles. The zero-order valence-electron chi connectivity index (χ0n) is 12.9. The molecule has 0 spiro atoms. The molecule has 0 aliphatic rings. The molecule has 0 fully saturated rings. The van der Waals surface area contributed by atoms with Gasteiger partial charge in [0.05, 0.1) is 0 Å². The van der Waals surface area contributed by atoms with Crippen molar-refractivity contribution in [1.29, 1.82) is 0 Å². The van der Waals surface area contributed by atoms with E-state index in [0.29, 0.717) is 5.92 Å². The van der Waals surface area contributed by atoms with Crippen LogP contribution in [0.5, 0.6) is 0 Å². The van der Waals surface area contributed by atoms with Crippen LogP contribution in [0.25, 0.3) is 0 Å². The predicted octanol–water partition coefficient (Wildman–Crippen LogP) is 2.70. The molecule has 0 bridgehead atoms. The van der Waals surface area contributed by atoms with Crippen LogP contribution in [0.1, 0.15) is 27.2 Å². The molecule has 0 amide bonds.